The van der Waals surface area contributed by atoms with Crippen LogP contribution in [0.15, 0.2) is 168 Å². The zero-order chi connectivity index (χ0) is 38.6. The molecule has 0 fully saturated rings. The highest BCUT2D eigenvalue weighted by molar-refractivity contribution is 7.86. The molecule has 9 rings (SSSR count). The van der Waals surface area contributed by atoms with Crippen LogP contribution in [0.1, 0.15) is 45.0 Å². The van der Waals surface area contributed by atoms with E-state index in [0.29, 0.717) is 21.8 Å². The van der Waals surface area contributed by atoms with Crippen molar-refractivity contribution in [3.63, 3.8) is 0 Å². The minimum absolute atomic E-state index is 0.227. The average molecular weight is 777 g/mol. The van der Waals surface area contributed by atoms with Crippen molar-refractivity contribution in [3.05, 3.63) is 224 Å². The van der Waals surface area contributed by atoms with Crippen LogP contribution in [0.3, 0.4) is 0 Å². The number of fused-ring (bicyclic) bond motifs is 8. The molecule has 1 aliphatic rings. The van der Waals surface area contributed by atoms with Gasteiger partial charge in [-0.2, -0.15) is 16.8 Å². The predicted octanol–water partition coefficient (Wildman–Crippen LogP) is 4.80. The Balaban J connectivity index is 1.41. The first-order valence-corrected chi connectivity index (χ1v) is 20.4. The predicted molar refractivity (Wildman–Crippen MR) is 214 cm³/mol. The summed E-state index contributed by atoms with van der Waals surface area (Å²) in [6.45, 7) is 0. The molecule has 0 atom stereocenters. The van der Waals surface area contributed by atoms with Gasteiger partial charge in [0.05, 0.1) is 9.79 Å². The summed E-state index contributed by atoms with van der Waals surface area (Å²) in [7, 11) is -8.85. The minimum Gasteiger partial charge on any atom is -0.354 e. The molecule has 8 bridgehead atoms. The zero-order valence-corrected chi connectivity index (χ0v) is 31.0. The summed E-state index contributed by atoms with van der Waals surface area (Å²) in [6, 6.07) is 48.2. The van der Waals surface area contributed by atoms with E-state index in [-0.39, 0.29) is 9.79 Å². The second-order valence-electron chi connectivity index (χ2n) is 13.4. The van der Waals surface area contributed by atoms with Gasteiger partial charge in [0.15, 0.2) is 0 Å². The summed E-state index contributed by atoms with van der Waals surface area (Å²) in [4.78, 5) is 14.2. The van der Waals surface area contributed by atoms with Gasteiger partial charge in [-0.25, -0.2) is 0 Å². The van der Waals surface area contributed by atoms with Gasteiger partial charge in [-0.15, -0.1) is 0 Å². The molecule has 0 amide bonds. The fourth-order valence-electron chi connectivity index (χ4n) is 7.37. The molecule has 0 saturated carbocycles. The lowest BCUT2D eigenvalue weighted by molar-refractivity contribution is 0.481. The van der Waals surface area contributed by atoms with Crippen LogP contribution in [-0.4, -0.2) is 45.9 Å². The van der Waals surface area contributed by atoms with Crippen LogP contribution >= 0.6 is 0 Å². The Bertz CT molecular complexity index is 3050. The number of aromatic amines is 4. The minimum atomic E-state index is -4.43. The van der Waals surface area contributed by atoms with E-state index in [1.807, 2.05) is 72.8 Å². The average Bonchev–Trinajstić information content (AvgIpc) is 4.03. The van der Waals surface area contributed by atoms with Crippen molar-refractivity contribution >= 4 is 42.5 Å². The standard InChI is InChI=1S/C44H32N4O6S2/c49-55(50,51)31-15-11-29(12-16-31)43-37-23-21-35(46-37)41(27-7-3-1-4-8-27)33-19-20-34(45-33)42(28-9-5-2-6-10-28)36-22-24-38(47-36)44(40-26-25-39(43)48-40)30-13-17-32(18-14-30)56(52,53)54/h1-26,45-48H,(H,49,50,51)(H,52,53,54). The van der Waals surface area contributed by atoms with Gasteiger partial charge in [0, 0.05) is 66.5 Å². The van der Waals surface area contributed by atoms with Crippen LogP contribution < -0.4 is 21.4 Å². The first-order valence-electron chi connectivity index (χ1n) is 17.5. The fourth-order valence-corrected chi connectivity index (χ4v) is 8.33. The second-order valence-corrected chi connectivity index (χ2v) is 16.2. The van der Waals surface area contributed by atoms with E-state index in [1.54, 1.807) is 24.3 Å². The van der Waals surface area contributed by atoms with Crippen LogP contribution in [0, 0.1) is 0 Å². The number of H-pyrrole nitrogens is 4. The molecule has 4 aromatic heterocycles. The summed E-state index contributed by atoms with van der Waals surface area (Å²) in [5, 5.41) is 3.14. The molecule has 10 nitrogen and oxygen atoms in total. The van der Waals surface area contributed by atoms with E-state index >= 15 is 0 Å². The number of hydrogen-bond acceptors (Lipinski definition) is 4. The Morgan fingerprint density at radius 2 is 0.571 bits per heavy atom. The van der Waals surface area contributed by atoms with E-state index in [1.165, 1.54) is 24.3 Å². The van der Waals surface area contributed by atoms with E-state index in [4.69, 9.17) is 0 Å². The molecule has 276 valence electrons. The molecule has 0 radical (unpaired) electrons. The van der Waals surface area contributed by atoms with Gasteiger partial charge in [-0.05, 0) is 95.1 Å². The van der Waals surface area contributed by atoms with Crippen LogP contribution in [0.2, 0.25) is 0 Å². The molecule has 6 N–H and O–H groups in total. The van der Waals surface area contributed by atoms with Crippen molar-refractivity contribution in [2.75, 3.05) is 0 Å². The Labute approximate surface area is 321 Å². The first kappa shape index (κ1) is 35.0. The highest BCUT2D eigenvalue weighted by Gasteiger charge is 2.19. The molecule has 4 aromatic carbocycles. The van der Waals surface area contributed by atoms with Crippen molar-refractivity contribution < 1.29 is 25.9 Å². The Kier molecular flexibility index (Phi) is 8.48. The lowest BCUT2D eigenvalue weighted by atomic mass is 10.0. The maximum absolute atomic E-state index is 12.0. The molecule has 0 spiro atoms. The molecule has 0 saturated heterocycles. The van der Waals surface area contributed by atoms with E-state index in [9.17, 15) is 25.9 Å². The molecule has 1 aliphatic heterocycles. The molecule has 12 heteroatoms. The smallest absolute Gasteiger partial charge is 0.294 e. The van der Waals surface area contributed by atoms with Crippen molar-refractivity contribution in [1.82, 2.24) is 19.9 Å². The van der Waals surface area contributed by atoms with Crippen molar-refractivity contribution in [1.29, 1.82) is 0 Å². The van der Waals surface area contributed by atoms with Crippen LogP contribution in [0.4, 0.5) is 0 Å². The number of benzene rings is 4. The summed E-state index contributed by atoms with van der Waals surface area (Å²) >= 11 is 0. The largest absolute Gasteiger partial charge is 0.354 e. The Hall–Kier alpha value is -6.70. The third kappa shape index (κ3) is 6.46. The van der Waals surface area contributed by atoms with Crippen molar-refractivity contribution in [2.24, 2.45) is 0 Å². The normalized spacial score (nSPS) is 13.3. The van der Waals surface area contributed by atoms with E-state index < -0.39 is 20.2 Å². The number of rotatable bonds is 6. The molecule has 5 heterocycles. The summed E-state index contributed by atoms with van der Waals surface area (Å²) in [5.74, 6) is 0. The third-order valence-electron chi connectivity index (χ3n) is 9.91. The fraction of sp³-hybridized carbons (Fsp3) is 0. The topological polar surface area (TPSA) is 172 Å². The number of hydrogen-bond donors (Lipinski definition) is 6. The summed E-state index contributed by atoms with van der Waals surface area (Å²) < 4.78 is 67.4. The van der Waals surface area contributed by atoms with Crippen molar-refractivity contribution in [3.8, 4) is 0 Å². The van der Waals surface area contributed by atoms with Crippen LogP contribution in [0.5, 0.6) is 0 Å². The number of aromatic nitrogens is 4. The lowest BCUT2D eigenvalue weighted by Gasteiger charge is -2.10. The van der Waals surface area contributed by atoms with Crippen molar-refractivity contribution in [2.45, 2.75) is 9.79 Å². The van der Waals surface area contributed by atoms with Gasteiger partial charge >= 0.3 is 0 Å². The summed E-state index contributed by atoms with van der Waals surface area (Å²) in [6.07, 6.45) is 0. The van der Waals surface area contributed by atoms with Gasteiger partial charge in [0.25, 0.3) is 20.2 Å². The lowest BCUT2D eigenvalue weighted by Crippen LogP contribution is -2.19. The highest BCUT2D eigenvalue weighted by atomic mass is 32.2. The highest BCUT2D eigenvalue weighted by Crippen LogP contribution is 2.28. The molecule has 8 aromatic rings. The molecular weight excluding hydrogens is 745 g/mol. The van der Waals surface area contributed by atoms with E-state index in [2.05, 4.69) is 56.3 Å². The quantitative estimate of drug-likeness (QED) is 0.133. The monoisotopic (exact) mass is 776 g/mol. The molecule has 56 heavy (non-hydrogen) atoms. The molecule has 0 unspecified atom stereocenters. The maximum Gasteiger partial charge on any atom is 0.294 e. The van der Waals surface area contributed by atoms with Gasteiger partial charge in [-0.1, -0.05) is 84.9 Å². The zero-order valence-electron chi connectivity index (χ0n) is 29.4. The van der Waals surface area contributed by atoms with Crippen LogP contribution in [0.25, 0.3) is 22.3 Å². The van der Waals surface area contributed by atoms with E-state index in [0.717, 1.165) is 66.9 Å². The SMILES string of the molecule is O=S(=O)(O)c1ccc(C2=c3ccc([nH]3)=C(c3ccc(S(=O)(=O)O)cc3)c3ccc([nH]3)C(c3ccccc3)=c3ccc([nH]3)=C(c3ccccc3)c3ccc2[nH]3)cc1. The molecule has 0 aliphatic carbocycles. The van der Waals surface area contributed by atoms with Gasteiger partial charge in [0.2, 0.25) is 0 Å². The van der Waals surface area contributed by atoms with Gasteiger partial charge in [0.1, 0.15) is 0 Å². The van der Waals surface area contributed by atoms with Gasteiger partial charge < -0.3 is 19.9 Å². The third-order valence-corrected chi connectivity index (χ3v) is 11.6. The summed E-state index contributed by atoms with van der Waals surface area (Å²) in [5.41, 5.74) is 9.78. The first-order chi connectivity index (χ1) is 27.0. The Morgan fingerprint density at radius 1 is 0.304 bits per heavy atom. The maximum atomic E-state index is 12.0. The second kappa shape index (κ2) is 13.6. The van der Waals surface area contributed by atoms with Crippen LogP contribution in [-0.2, 0) is 20.2 Å². The Morgan fingerprint density at radius 3 is 0.839 bits per heavy atom. The number of nitrogens with one attached hydrogen (secondary N) is 4. The van der Waals surface area contributed by atoms with Gasteiger partial charge in [-0.3, -0.25) is 9.11 Å². The molecular formula is C44H32N4O6S2.